The van der Waals surface area contributed by atoms with Gasteiger partial charge in [0.25, 0.3) is 5.91 Å². The fourth-order valence-electron chi connectivity index (χ4n) is 6.39. The highest BCUT2D eigenvalue weighted by molar-refractivity contribution is 7.87. The minimum Gasteiger partial charge on any atom is -0.371 e. The zero-order valence-corrected chi connectivity index (χ0v) is 25.4. The van der Waals surface area contributed by atoms with Crippen molar-refractivity contribution >= 4 is 32.8 Å². The van der Waals surface area contributed by atoms with Gasteiger partial charge in [0.05, 0.1) is 34.4 Å². The Morgan fingerprint density at radius 1 is 1.07 bits per heavy atom. The van der Waals surface area contributed by atoms with E-state index >= 15 is 0 Å². The summed E-state index contributed by atoms with van der Waals surface area (Å²) in [7, 11) is -1.36. The van der Waals surface area contributed by atoms with Crippen molar-refractivity contribution in [1.82, 2.24) is 28.7 Å². The molecule has 11 nitrogen and oxygen atoms in total. The summed E-state index contributed by atoms with van der Waals surface area (Å²) < 4.78 is 43.6. The van der Waals surface area contributed by atoms with Gasteiger partial charge in [-0.3, -0.25) is 9.69 Å². The number of likely N-dealkylation sites (tertiary alicyclic amines) is 1. The number of pyridine rings is 1. The summed E-state index contributed by atoms with van der Waals surface area (Å²) in [6.45, 7) is 3.28. The summed E-state index contributed by atoms with van der Waals surface area (Å²) in [5.74, 6) is -0.889. The highest BCUT2D eigenvalue weighted by Crippen LogP contribution is 2.43. The molecule has 1 atom stereocenters. The van der Waals surface area contributed by atoms with E-state index in [2.05, 4.69) is 25.6 Å². The quantitative estimate of drug-likeness (QED) is 0.431. The molecule has 2 saturated heterocycles. The van der Waals surface area contributed by atoms with E-state index in [1.165, 1.54) is 26.2 Å². The van der Waals surface area contributed by atoms with Crippen LogP contribution in [0.5, 0.6) is 0 Å². The van der Waals surface area contributed by atoms with Crippen LogP contribution in [0.1, 0.15) is 67.0 Å². The number of carbonyl (C=O) groups is 1. The molecule has 0 spiro atoms. The molecule has 1 aromatic carbocycles. The molecule has 2 aliphatic heterocycles. The first-order valence-corrected chi connectivity index (χ1v) is 16.4. The van der Waals surface area contributed by atoms with Gasteiger partial charge in [0.15, 0.2) is 5.65 Å². The molecule has 1 saturated carbocycles. The molecule has 1 unspecified atom stereocenters. The first-order valence-electron chi connectivity index (χ1n) is 15.0. The lowest BCUT2D eigenvalue weighted by molar-refractivity contribution is 0.0975. The molecule has 4 heterocycles. The van der Waals surface area contributed by atoms with Crippen LogP contribution in [-0.2, 0) is 10.2 Å². The van der Waals surface area contributed by atoms with Crippen LogP contribution in [-0.4, -0.2) is 84.6 Å². The molecule has 1 amide bonds. The number of anilines is 1. The Morgan fingerprint density at radius 3 is 2.42 bits per heavy atom. The third-order valence-corrected chi connectivity index (χ3v) is 10.5. The van der Waals surface area contributed by atoms with E-state index in [4.69, 9.17) is 5.10 Å². The average Bonchev–Trinajstić information content (AvgIpc) is 3.35. The second kappa shape index (κ2) is 11.8. The van der Waals surface area contributed by atoms with Crippen molar-refractivity contribution in [1.29, 1.82) is 5.26 Å². The van der Waals surface area contributed by atoms with Crippen molar-refractivity contribution in [2.24, 2.45) is 5.92 Å². The molecular weight excluding hydrogens is 571 g/mol. The molecule has 1 N–H and O–H groups in total. The van der Waals surface area contributed by atoms with Gasteiger partial charge >= 0.3 is 10.2 Å². The second-order valence-corrected chi connectivity index (χ2v) is 13.9. The lowest BCUT2D eigenvalue weighted by atomic mass is 9.82. The molecule has 3 fully saturated rings. The van der Waals surface area contributed by atoms with E-state index in [1.54, 1.807) is 22.9 Å². The standard InChI is InChI=1S/C30H37FN8O3S/c1-36(2)43(41,42)35-30(40)25-17-26(37-15-12-23(13-16-37)38-14-4-5-20(18-32)19-38)27-28(21-6-3-7-21)34-39(29(27)33-25)24-10-8-22(31)9-11-24/h8-11,17,20-21,23H,3-7,12-16,19H2,1-2H3,(H,35,40). The number of benzene rings is 1. The number of halogens is 1. The van der Waals surface area contributed by atoms with Crippen LogP contribution >= 0.6 is 0 Å². The van der Waals surface area contributed by atoms with Crippen LogP contribution in [0.4, 0.5) is 10.1 Å². The van der Waals surface area contributed by atoms with Gasteiger partial charge in [-0.05, 0) is 75.4 Å². The predicted octanol–water partition coefficient (Wildman–Crippen LogP) is 3.57. The van der Waals surface area contributed by atoms with Crippen LogP contribution in [0, 0.1) is 23.1 Å². The average molecular weight is 609 g/mol. The minimum atomic E-state index is -4.05. The molecule has 3 aliphatic rings. The number of nitrogens with zero attached hydrogens (tertiary/aromatic N) is 7. The number of carbonyl (C=O) groups excluding carboxylic acids is 1. The van der Waals surface area contributed by atoms with E-state index in [0.29, 0.717) is 17.4 Å². The minimum absolute atomic E-state index is 0.0358. The van der Waals surface area contributed by atoms with Gasteiger partial charge in [0, 0.05) is 45.7 Å². The molecule has 2 aromatic heterocycles. The molecule has 228 valence electrons. The summed E-state index contributed by atoms with van der Waals surface area (Å²) in [6.07, 6.45) is 6.89. The molecule has 6 rings (SSSR count). The van der Waals surface area contributed by atoms with Crippen LogP contribution in [0.3, 0.4) is 0 Å². The fourth-order valence-corrected chi connectivity index (χ4v) is 6.92. The van der Waals surface area contributed by atoms with Crippen molar-refractivity contribution in [2.75, 3.05) is 45.2 Å². The maximum Gasteiger partial charge on any atom is 0.303 e. The van der Waals surface area contributed by atoms with Gasteiger partial charge in [0.2, 0.25) is 0 Å². The highest BCUT2D eigenvalue weighted by atomic mass is 32.2. The number of fused-ring (bicyclic) bond motifs is 1. The molecule has 0 bridgehead atoms. The smallest absolute Gasteiger partial charge is 0.303 e. The van der Waals surface area contributed by atoms with E-state index in [9.17, 15) is 22.9 Å². The Bertz CT molecular complexity index is 1650. The Labute approximate surface area is 251 Å². The number of piperidine rings is 2. The van der Waals surface area contributed by atoms with E-state index in [0.717, 1.165) is 92.2 Å². The topological polar surface area (TPSA) is 127 Å². The Hall–Kier alpha value is -3.60. The van der Waals surface area contributed by atoms with Crippen molar-refractivity contribution < 1.29 is 17.6 Å². The second-order valence-electron chi connectivity index (χ2n) is 12.0. The summed E-state index contributed by atoms with van der Waals surface area (Å²) in [5, 5.41) is 15.3. The van der Waals surface area contributed by atoms with E-state index in [1.807, 2.05) is 0 Å². The molecule has 43 heavy (non-hydrogen) atoms. The van der Waals surface area contributed by atoms with E-state index in [-0.39, 0.29) is 23.3 Å². The maximum absolute atomic E-state index is 13.8. The van der Waals surface area contributed by atoms with Gasteiger partial charge in [-0.25, -0.2) is 18.8 Å². The van der Waals surface area contributed by atoms with Crippen LogP contribution in [0.15, 0.2) is 30.3 Å². The molecule has 1 aliphatic carbocycles. The van der Waals surface area contributed by atoms with E-state index < -0.39 is 16.1 Å². The fraction of sp³-hybridized carbons (Fsp3) is 0.533. The first-order chi connectivity index (χ1) is 20.6. The number of nitriles is 1. The van der Waals surface area contributed by atoms with Crippen LogP contribution < -0.4 is 9.62 Å². The van der Waals surface area contributed by atoms with Crippen molar-refractivity contribution in [3.05, 3.63) is 47.5 Å². The summed E-state index contributed by atoms with van der Waals surface area (Å²) in [4.78, 5) is 22.7. The Kier molecular flexibility index (Phi) is 8.10. The zero-order valence-electron chi connectivity index (χ0n) is 24.5. The summed E-state index contributed by atoms with van der Waals surface area (Å²) in [5.41, 5.74) is 2.71. The third-order valence-electron chi connectivity index (χ3n) is 9.10. The van der Waals surface area contributed by atoms with Crippen molar-refractivity contribution in [3.8, 4) is 11.8 Å². The van der Waals surface area contributed by atoms with Crippen LogP contribution in [0.2, 0.25) is 0 Å². The summed E-state index contributed by atoms with van der Waals surface area (Å²) >= 11 is 0. The number of hydrogen-bond acceptors (Lipinski definition) is 8. The van der Waals surface area contributed by atoms with Gasteiger partial charge in [-0.2, -0.15) is 23.1 Å². The number of aromatic nitrogens is 3. The number of hydrogen-bond donors (Lipinski definition) is 1. The Balaban J connectivity index is 1.42. The molecule has 0 radical (unpaired) electrons. The zero-order chi connectivity index (χ0) is 30.3. The highest BCUT2D eigenvalue weighted by Gasteiger charge is 2.34. The normalized spacial score (nSPS) is 20.7. The van der Waals surface area contributed by atoms with Gasteiger partial charge < -0.3 is 4.90 Å². The van der Waals surface area contributed by atoms with Crippen molar-refractivity contribution in [3.63, 3.8) is 0 Å². The molecule has 13 heteroatoms. The first kappa shape index (κ1) is 29.5. The Morgan fingerprint density at radius 2 is 1.79 bits per heavy atom. The lowest BCUT2D eigenvalue weighted by Gasteiger charge is -2.42. The number of nitrogens with one attached hydrogen (secondary N) is 1. The third kappa shape index (κ3) is 5.83. The number of rotatable bonds is 7. The lowest BCUT2D eigenvalue weighted by Crippen LogP contribution is -2.48. The maximum atomic E-state index is 13.8. The number of amides is 1. The largest absolute Gasteiger partial charge is 0.371 e. The summed E-state index contributed by atoms with van der Waals surface area (Å²) in [6, 6.07) is 10.5. The van der Waals surface area contributed by atoms with Crippen molar-refractivity contribution in [2.45, 2.75) is 56.9 Å². The van der Waals surface area contributed by atoms with Gasteiger partial charge in [-0.15, -0.1) is 0 Å². The molecular formula is C30H37FN8O3S. The monoisotopic (exact) mass is 608 g/mol. The molecule has 3 aromatic rings. The van der Waals surface area contributed by atoms with Gasteiger partial charge in [0.1, 0.15) is 11.5 Å². The van der Waals surface area contributed by atoms with Crippen LogP contribution in [0.25, 0.3) is 16.7 Å². The van der Waals surface area contributed by atoms with Gasteiger partial charge in [-0.1, -0.05) is 6.42 Å². The SMILES string of the molecule is CN(C)S(=O)(=O)NC(=O)c1cc(N2CCC(N3CCCC(C#N)C3)CC2)c2c(C3CCC3)nn(-c3ccc(F)cc3)c2n1. The predicted molar refractivity (Wildman–Crippen MR) is 161 cm³/mol.